The Kier molecular flexibility index (Phi) is 4.35. The van der Waals surface area contributed by atoms with E-state index in [1.54, 1.807) is 0 Å². The van der Waals surface area contributed by atoms with E-state index in [1.807, 2.05) is 30.5 Å². The van der Waals surface area contributed by atoms with E-state index in [2.05, 4.69) is 28.4 Å². The molecule has 0 N–H and O–H groups in total. The third-order valence-corrected chi connectivity index (χ3v) is 4.76. The lowest BCUT2D eigenvalue weighted by atomic mass is 10.2. The summed E-state index contributed by atoms with van der Waals surface area (Å²) in [6, 6.07) is 7.77. The molecule has 2 heterocycles. The molecule has 6 heteroatoms. The van der Waals surface area contributed by atoms with Crippen molar-refractivity contribution >= 4 is 46.0 Å². The Balaban J connectivity index is 2.44. The fraction of sp³-hybridized carbons (Fsp3) is 0.250. The first-order chi connectivity index (χ1) is 10.6. The van der Waals surface area contributed by atoms with Crippen LogP contribution in [0.2, 0.25) is 10.2 Å². The molecule has 0 bridgehead atoms. The van der Waals surface area contributed by atoms with E-state index in [-0.39, 0.29) is 0 Å². The van der Waals surface area contributed by atoms with Gasteiger partial charge >= 0.3 is 0 Å². The molecule has 1 aromatic carbocycles. The quantitative estimate of drug-likeness (QED) is 0.363. The van der Waals surface area contributed by atoms with Crippen molar-refractivity contribution in [2.45, 2.75) is 25.4 Å². The van der Waals surface area contributed by atoms with E-state index in [1.165, 1.54) is 17.5 Å². The molecule has 2 aromatic heterocycles. The number of halogens is 2. The van der Waals surface area contributed by atoms with Gasteiger partial charge in [0.05, 0.1) is 5.39 Å². The highest BCUT2D eigenvalue weighted by molar-refractivity contribution is 7.98. The lowest BCUT2D eigenvalue weighted by Crippen LogP contribution is -2.01. The van der Waals surface area contributed by atoms with Crippen molar-refractivity contribution in [3.63, 3.8) is 0 Å². The Morgan fingerprint density at radius 2 is 2.00 bits per heavy atom. The topological polar surface area (TPSA) is 30.7 Å². The molecule has 3 aromatic rings. The number of fused-ring (bicyclic) bond motifs is 1. The van der Waals surface area contributed by atoms with Gasteiger partial charge in [0.1, 0.15) is 5.15 Å². The van der Waals surface area contributed by atoms with Crippen molar-refractivity contribution in [2.24, 2.45) is 0 Å². The SMILES string of the molecule is CCc1c(C)c2c(Cl)nc(SC)nc2n1-c1cccc(Cl)c1. The minimum absolute atomic E-state index is 0.502. The summed E-state index contributed by atoms with van der Waals surface area (Å²) in [7, 11) is 0. The van der Waals surface area contributed by atoms with Crippen LogP contribution in [0.3, 0.4) is 0 Å². The first kappa shape index (κ1) is 15.7. The van der Waals surface area contributed by atoms with Crippen LogP contribution in [0.25, 0.3) is 16.7 Å². The van der Waals surface area contributed by atoms with Gasteiger partial charge in [-0.25, -0.2) is 9.97 Å². The minimum Gasteiger partial charge on any atom is -0.298 e. The van der Waals surface area contributed by atoms with Gasteiger partial charge in [-0.1, -0.05) is 48.0 Å². The molecule has 0 aliphatic heterocycles. The highest BCUT2D eigenvalue weighted by Crippen LogP contribution is 2.34. The van der Waals surface area contributed by atoms with Crippen LogP contribution in [-0.4, -0.2) is 20.8 Å². The zero-order valence-corrected chi connectivity index (χ0v) is 14.9. The minimum atomic E-state index is 0.502. The van der Waals surface area contributed by atoms with Gasteiger partial charge in [0, 0.05) is 16.4 Å². The number of hydrogen-bond acceptors (Lipinski definition) is 3. The van der Waals surface area contributed by atoms with Crippen LogP contribution in [0.5, 0.6) is 0 Å². The molecule has 0 saturated carbocycles. The van der Waals surface area contributed by atoms with Crippen molar-refractivity contribution in [3.05, 3.63) is 45.7 Å². The molecular weight excluding hydrogens is 337 g/mol. The third kappa shape index (κ3) is 2.49. The smallest absolute Gasteiger partial charge is 0.190 e. The second kappa shape index (κ2) is 6.11. The Morgan fingerprint density at radius 1 is 1.23 bits per heavy atom. The van der Waals surface area contributed by atoms with Crippen molar-refractivity contribution in [3.8, 4) is 5.69 Å². The number of aryl methyl sites for hydroxylation is 1. The Hall–Kier alpha value is -1.23. The Bertz CT molecular complexity index is 858. The number of thioether (sulfide) groups is 1. The van der Waals surface area contributed by atoms with Crippen LogP contribution in [0.1, 0.15) is 18.2 Å². The molecule has 0 aliphatic rings. The highest BCUT2D eigenvalue weighted by Gasteiger charge is 2.19. The maximum absolute atomic E-state index is 6.40. The van der Waals surface area contributed by atoms with E-state index in [0.29, 0.717) is 15.3 Å². The van der Waals surface area contributed by atoms with E-state index >= 15 is 0 Å². The zero-order chi connectivity index (χ0) is 15.9. The lowest BCUT2D eigenvalue weighted by molar-refractivity contribution is 0.915. The van der Waals surface area contributed by atoms with E-state index in [0.717, 1.165) is 28.7 Å². The van der Waals surface area contributed by atoms with Crippen molar-refractivity contribution in [1.82, 2.24) is 14.5 Å². The molecule has 114 valence electrons. The summed E-state index contributed by atoms with van der Waals surface area (Å²) in [6.07, 6.45) is 2.82. The second-order valence-electron chi connectivity index (χ2n) is 4.94. The van der Waals surface area contributed by atoms with Crippen LogP contribution in [0.15, 0.2) is 29.4 Å². The van der Waals surface area contributed by atoms with Gasteiger partial charge in [-0.15, -0.1) is 0 Å². The molecule has 3 nitrogen and oxygen atoms in total. The lowest BCUT2D eigenvalue weighted by Gasteiger charge is -2.10. The van der Waals surface area contributed by atoms with Crippen LogP contribution in [0.4, 0.5) is 0 Å². The van der Waals surface area contributed by atoms with E-state index < -0.39 is 0 Å². The largest absolute Gasteiger partial charge is 0.298 e. The van der Waals surface area contributed by atoms with Crippen molar-refractivity contribution in [2.75, 3.05) is 6.26 Å². The Labute approximate surface area is 143 Å². The van der Waals surface area contributed by atoms with Gasteiger partial charge in [-0.3, -0.25) is 4.57 Å². The fourth-order valence-electron chi connectivity index (χ4n) is 2.74. The molecule has 0 fully saturated rings. The van der Waals surface area contributed by atoms with Crippen LogP contribution in [0, 0.1) is 6.92 Å². The van der Waals surface area contributed by atoms with E-state index in [9.17, 15) is 0 Å². The first-order valence-corrected chi connectivity index (χ1v) is 8.92. The molecule has 0 aliphatic carbocycles. The summed E-state index contributed by atoms with van der Waals surface area (Å²) in [6.45, 7) is 4.19. The number of rotatable bonds is 3. The summed E-state index contributed by atoms with van der Waals surface area (Å²) in [5.41, 5.74) is 4.12. The maximum atomic E-state index is 6.40. The molecule has 0 amide bonds. The maximum Gasteiger partial charge on any atom is 0.190 e. The summed E-state index contributed by atoms with van der Waals surface area (Å²) < 4.78 is 2.13. The summed E-state index contributed by atoms with van der Waals surface area (Å²) >= 11 is 14.0. The summed E-state index contributed by atoms with van der Waals surface area (Å²) in [4.78, 5) is 9.04. The number of hydrogen-bond donors (Lipinski definition) is 0. The fourth-order valence-corrected chi connectivity index (χ4v) is 3.64. The van der Waals surface area contributed by atoms with Crippen LogP contribution < -0.4 is 0 Å². The standard InChI is InChI=1S/C16H15Cl2N3S/c1-4-12-9(2)13-14(18)19-16(22-3)20-15(13)21(12)11-7-5-6-10(17)8-11/h5-8H,4H2,1-3H3. The van der Waals surface area contributed by atoms with E-state index in [4.69, 9.17) is 23.2 Å². The molecule has 0 unspecified atom stereocenters. The predicted octanol–water partition coefficient (Wildman–Crippen LogP) is 5.32. The van der Waals surface area contributed by atoms with Crippen molar-refractivity contribution in [1.29, 1.82) is 0 Å². The molecular formula is C16H15Cl2N3S. The van der Waals surface area contributed by atoms with Crippen LogP contribution in [-0.2, 0) is 6.42 Å². The van der Waals surface area contributed by atoms with Crippen LogP contribution >= 0.6 is 35.0 Å². The van der Waals surface area contributed by atoms with Gasteiger partial charge in [0.25, 0.3) is 0 Å². The van der Waals surface area contributed by atoms with Gasteiger partial charge in [0.15, 0.2) is 10.8 Å². The molecule has 0 radical (unpaired) electrons. The summed E-state index contributed by atoms with van der Waals surface area (Å²) in [5.74, 6) is 0. The second-order valence-corrected chi connectivity index (χ2v) is 6.51. The Morgan fingerprint density at radius 3 is 2.64 bits per heavy atom. The number of aromatic nitrogens is 3. The normalized spacial score (nSPS) is 11.3. The molecule has 0 saturated heterocycles. The molecule has 3 rings (SSSR count). The number of benzene rings is 1. The first-order valence-electron chi connectivity index (χ1n) is 6.94. The van der Waals surface area contributed by atoms with Gasteiger partial charge < -0.3 is 0 Å². The predicted molar refractivity (Wildman–Crippen MR) is 94.8 cm³/mol. The van der Waals surface area contributed by atoms with Crippen molar-refractivity contribution < 1.29 is 0 Å². The monoisotopic (exact) mass is 351 g/mol. The van der Waals surface area contributed by atoms with Gasteiger partial charge in [0.2, 0.25) is 0 Å². The van der Waals surface area contributed by atoms with Gasteiger partial charge in [-0.05, 0) is 43.4 Å². The number of nitrogens with zero attached hydrogens (tertiary/aromatic N) is 3. The van der Waals surface area contributed by atoms with Gasteiger partial charge in [-0.2, -0.15) is 0 Å². The average molecular weight is 352 g/mol. The highest BCUT2D eigenvalue weighted by atomic mass is 35.5. The molecule has 0 atom stereocenters. The third-order valence-electron chi connectivity index (χ3n) is 3.70. The molecule has 22 heavy (non-hydrogen) atoms. The average Bonchev–Trinajstić information content (AvgIpc) is 2.79. The zero-order valence-electron chi connectivity index (χ0n) is 12.5. The summed E-state index contributed by atoms with van der Waals surface area (Å²) in [5, 5.41) is 2.78. The molecule has 0 spiro atoms.